The van der Waals surface area contributed by atoms with E-state index in [-0.39, 0.29) is 5.56 Å². The van der Waals surface area contributed by atoms with Gasteiger partial charge >= 0.3 is 0 Å². The molecule has 0 saturated heterocycles. The Morgan fingerprint density at radius 1 is 1.60 bits per heavy atom. The van der Waals surface area contributed by atoms with Crippen molar-refractivity contribution in [1.82, 2.24) is 9.97 Å². The second-order valence-electron chi connectivity index (χ2n) is 3.25. The van der Waals surface area contributed by atoms with Gasteiger partial charge in [-0.2, -0.15) is 0 Å². The summed E-state index contributed by atoms with van der Waals surface area (Å²) in [5.41, 5.74) is 8.12. The van der Waals surface area contributed by atoms with Crippen molar-refractivity contribution in [2.45, 2.75) is 13.3 Å². The molecule has 0 aliphatic carbocycles. The Morgan fingerprint density at radius 3 is 3.00 bits per heavy atom. The molecule has 0 unspecified atom stereocenters. The molecular formula is C10H10BrN3O. The molecule has 3 N–H and O–H groups in total. The van der Waals surface area contributed by atoms with Crippen molar-refractivity contribution in [3.8, 4) is 0 Å². The predicted molar refractivity (Wildman–Crippen MR) is 63.9 cm³/mol. The van der Waals surface area contributed by atoms with E-state index in [0.29, 0.717) is 28.7 Å². The van der Waals surface area contributed by atoms with Crippen LogP contribution in [0.5, 0.6) is 0 Å². The number of halogens is 1. The van der Waals surface area contributed by atoms with Crippen LogP contribution in [0.15, 0.2) is 21.5 Å². The maximum atomic E-state index is 11.6. The fourth-order valence-corrected chi connectivity index (χ4v) is 1.89. The zero-order chi connectivity index (χ0) is 11.0. The summed E-state index contributed by atoms with van der Waals surface area (Å²) in [6.45, 7) is 1.89. The van der Waals surface area contributed by atoms with E-state index < -0.39 is 0 Å². The fourth-order valence-electron chi connectivity index (χ4n) is 1.56. The summed E-state index contributed by atoms with van der Waals surface area (Å²) >= 11 is 3.29. The second kappa shape index (κ2) is 3.66. The van der Waals surface area contributed by atoms with Crippen molar-refractivity contribution in [3.63, 3.8) is 0 Å². The van der Waals surface area contributed by atoms with Crippen LogP contribution in [-0.2, 0) is 6.42 Å². The van der Waals surface area contributed by atoms with Crippen LogP contribution in [0.1, 0.15) is 12.5 Å². The van der Waals surface area contributed by atoms with Crippen molar-refractivity contribution < 1.29 is 0 Å². The number of aromatic nitrogens is 2. The van der Waals surface area contributed by atoms with Gasteiger partial charge in [0, 0.05) is 16.2 Å². The SMILES string of the molecule is CCc1c(N)c2ncc(Br)cc2[nH]c1=O. The van der Waals surface area contributed by atoms with Crippen molar-refractivity contribution in [2.75, 3.05) is 5.73 Å². The first kappa shape index (κ1) is 10.2. The molecular weight excluding hydrogens is 258 g/mol. The van der Waals surface area contributed by atoms with Crippen molar-refractivity contribution >= 4 is 32.7 Å². The number of hydrogen-bond donors (Lipinski definition) is 2. The van der Waals surface area contributed by atoms with E-state index in [0.717, 1.165) is 4.47 Å². The first-order valence-corrected chi connectivity index (χ1v) is 5.38. The lowest BCUT2D eigenvalue weighted by atomic mass is 10.1. The largest absolute Gasteiger partial charge is 0.397 e. The number of anilines is 1. The lowest BCUT2D eigenvalue weighted by Gasteiger charge is -2.05. The summed E-state index contributed by atoms with van der Waals surface area (Å²) in [5.74, 6) is 0. The van der Waals surface area contributed by atoms with Gasteiger partial charge in [-0.15, -0.1) is 0 Å². The van der Waals surface area contributed by atoms with Crippen LogP contribution in [0, 0.1) is 0 Å². The smallest absolute Gasteiger partial charge is 0.253 e. The summed E-state index contributed by atoms with van der Waals surface area (Å²) in [6, 6.07) is 1.79. The Hall–Kier alpha value is -1.36. The van der Waals surface area contributed by atoms with Gasteiger partial charge in [0.1, 0.15) is 5.52 Å². The van der Waals surface area contributed by atoms with Crippen LogP contribution in [0.2, 0.25) is 0 Å². The fraction of sp³-hybridized carbons (Fsp3) is 0.200. The first-order valence-electron chi connectivity index (χ1n) is 4.59. The van der Waals surface area contributed by atoms with Gasteiger partial charge in [0.15, 0.2) is 0 Å². The molecule has 4 nitrogen and oxygen atoms in total. The number of aromatic amines is 1. The molecule has 0 saturated carbocycles. The number of hydrogen-bond acceptors (Lipinski definition) is 3. The standard InChI is InChI=1S/C10H10BrN3O/c1-2-6-8(12)9-7(14-10(6)15)3-5(11)4-13-9/h3-4H,2H2,1H3,(H3,12,14,15). The number of fused-ring (bicyclic) bond motifs is 1. The first-order chi connectivity index (χ1) is 7.13. The Morgan fingerprint density at radius 2 is 2.33 bits per heavy atom. The minimum Gasteiger partial charge on any atom is -0.397 e. The van der Waals surface area contributed by atoms with E-state index in [1.54, 1.807) is 12.3 Å². The molecule has 0 aliphatic heterocycles. The number of nitrogen functional groups attached to an aromatic ring is 1. The van der Waals surface area contributed by atoms with Crippen LogP contribution in [-0.4, -0.2) is 9.97 Å². The highest BCUT2D eigenvalue weighted by Gasteiger charge is 2.09. The van der Waals surface area contributed by atoms with Crippen LogP contribution in [0.4, 0.5) is 5.69 Å². The third-order valence-corrected chi connectivity index (χ3v) is 2.74. The Balaban J connectivity index is 2.91. The molecule has 0 fully saturated rings. The number of nitrogens with two attached hydrogens (primary N) is 1. The summed E-state index contributed by atoms with van der Waals surface area (Å²) in [6.07, 6.45) is 2.27. The van der Waals surface area contributed by atoms with Gasteiger partial charge in [-0.3, -0.25) is 9.78 Å². The molecule has 78 valence electrons. The van der Waals surface area contributed by atoms with E-state index >= 15 is 0 Å². The van der Waals surface area contributed by atoms with Gasteiger partial charge in [-0.05, 0) is 28.4 Å². The Bertz CT molecular complexity index is 577. The maximum absolute atomic E-state index is 11.6. The Kier molecular flexibility index (Phi) is 2.48. The summed E-state index contributed by atoms with van der Waals surface area (Å²) in [5, 5.41) is 0. The zero-order valence-corrected chi connectivity index (χ0v) is 9.76. The molecule has 0 atom stereocenters. The number of nitrogens with zero attached hydrogens (tertiary/aromatic N) is 1. The molecule has 0 aromatic carbocycles. The van der Waals surface area contributed by atoms with Gasteiger partial charge in [-0.1, -0.05) is 6.92 Å². The highest BCUT2D eigenvalue weighted by atomic mass is 79.9. The second-order valence-corrected chi connectivity index (χ2v) is 4.17. The van der Waals surface area contributed by atoms with Crippen LogP contribution >= 0.6 is 15.9 Å². The molecule has 2 rings (SSSR count). The minimum atomic E-state index is -0.137. The molecule has 2 aromatic heterocycles. The number of pyridine rings is 2. The lowest BCUT2D eigenvalue weighted by molar-refractivity contribution is 1.08. The molecule has 0 amide bonds. The topological polar surface area (TPSA) is 71.8 Å². The number of rotatable bonds is 1. The zero-order valence-electron chi connectivity index (χ0n) is 8.17. The van der Waals surface area contributed by atoms with E-state index in [1.165, 1.54) is 0 Å². The lowest BCUT2D eigenvalue weighted by Crippen LogP contribution is -2.15. The molecule has 0 bridgehead atoms. The van der Waals surface area contributed by atoms with Gasteiger partial charge in [0.25, 0.3) is 5.56 Å². The normalized spacial score (nSPS) is 10.8. The van der Waals surface area contributed by atoms with Crippen molar-refractivity contribution in [2.24, 2.45) is 0 Å². The average Bonchev–Trinajstić information content (AvgIpc) is 2.17. The van der Waals surface area contributed by atoms with Crippen LogP contribution in [0.3, 0.4) is 0 Å². The average molecular weight is 268 g/mol. The minimum absolute atomic E-state index is 0.137. The molecule has 15 heavy (non-hydrogen) atoms. The van der Waals surface area contributed by atoms with Gasteiger partial charge in [0.2, 0.25) is 0 Å². The van der Waals surface area contributed by atoms with E-state index in [2.05, 4.69) is 25.9 Å². The highest BCUT2D eigenvalue weighted by Crippen LogP contribution is 2.21. The number of nitrogens with one attached hydrogen (secondary N) is 1. The molecule has 5 heteroatoms. The Labute approximate surface area is 94.7 Å². The van der Waals surface area contributed by atoms with E-state index in [4.69, 9.17) is 5.73 Å². The summed E-state index contributed by atoms with van der Waals surface area (Å²) in [4.78, 5) is 18.6. The van der Waals surface area contributed by atoms with Gasteiger partial charge < -0.3 is 10.7 Å². The van der Waals surface area contributed by atoms with E-state index in [9.17, 15) is 4.79 Å². The summed E-state index contributed by atoms with van der Waals surface area (Å²) < 4.78 is 0.814. The predicted octanol–water partition coefficient (Wildman–Crippen LogP) is 1.83. The van der Waals surface area contributed by atoms with Crippen molar-refractivity contribution in [3.05, 3.63) is 32.7 Å². The third-order valence-electron chi connectivity index (χ3n) is 2.31. The van der Waals surface area contributed by atoms with Gasteiger partial charge in [0.05, 0.1) is 11.2 Å². The van der Waals surface area contributed by atoms with Crippen LogP contribution < -0.4 is 11.3 Å². The highest BCUT2D eigenvalue weighted by molar-refractivity contribution is 9.10. The number of H-pyrrole nitrogens is 1. The molecule has 2 aromatic rings. The van der Waals surface area contributed by atoms with Crippen LogP contribution in [0.25, 0.3) is 11.0 Å². The van der Waals surface area contributed by atoms with Crippen molar-refractivity contribution in [1.29, 1.82) is 0 Å². The molecule has 0 radical (unpaired) electrons. The molecule has 0 spiro atoms. The quantitative estimate of drug-likeness (QED) is 0.828. The molecule has 0 aliphatic rings. The summed E-state index contributed by atoms with van der Waals surface area (Å²) in [7, 11) is 0. The maximum Gasteiger partial charge on any atom is 0.253 e. The molecule has 2 heterocycles. The van der Waals surface area contributed by atoms with E-state index in [1.807, 2.05) is 6.92 Å². The van der Waals surface area contributed by atoms with Gasteiger partial charge in [-0.25, -0.2) is 0 Å². The third kappa shape index (κ3) is 1.63. The monoisotopic (exact) mass is 267 g/mol.